The van der Waals surface area contributed by atoms with Gasteiger partial charge in [-0.25, -0.2) is 4.79 Å². The Morgan fingerprint density at radius 1 is 1.35 bits per heavy atom. The molecule has 0 radical (unpaired) electrons. The zero-order valence-corrected chi connectivity index (χ0v) is 9.38. The van der Waals surface area contributed by atoms with Crippen molar-refractivity contribution < 1.29 is 29.2 Å². The molecule has 0 spiro atoms. The molecule has 0 saturated heterocycles. The molecule has 0 aromatic heterocycles. The van der Waals surface area contributed by atoms with Crippen LogP contribution in [0.25, 0.3) is 0 Å². The molecule has 0 bridgehead atoms. The lowest BCUT2D eigenvalue weighted by atomic mass is 10.2. The molecule has 1 aromatic carbocycles. The average Bonchev–Trinajstić information content (AvgIpc) is 2.34. The third kappa shape index (κ3) is 3.93. The maximum absolute atomic E-state index is 10.7. The second kappa shape index (κ2) is 6.72. The minimum Gasteiger partial charge on any atom is -0.493 e. The third-order valence-corrected chi connectivity index (χ3v) is 1.94. The standard InChI is InChI=1S/C11H14O6/c1-15-10-6-8(11(13)14)2-3-9(10)17-7-16-5-4-12/h2-3,6,12H,4-5,7H2,1H3,(H,13,14). The maximum atomic E-state index is 10.7. The molecule has 0 saturated carbocycles. The molecular formula is C11H14O6. The van der Waals surface area contributed by atoms with E-state index in [0.29, 0.717) is 11.5 Å². The van der Waals surface area contributed by atoms with Gasteiger partial charge in [0.1, 0.15) is 0 Å². The molecule has 0 heterocycles. The van der Waals surface area contributed by atoms with Crippen LogP contribution in [0.15, 0.2) is 18.2 Å². The van der Waals surface area contributed by atoms with E-state index in [9.17, 15) is 4.79 Å². The number of carbonyl (C=O) groups is 1. The lowest BCUT2D eigenvalue weighted by Gasteiger charge is -2.11. The number of rotatable bonds is 7. The van der Waals surface area contributed by atoms with Crippen LogP contribution in [0.1, 0.15) is 10.4 Å². The largest absolute Gasteiger partial charge is 0.493 e. The fraction of sp³-hybridized carbons (Fsp3) is 0.364. The third-order valence-electron chi connectivity index (χ3n) is 1.94. The molecule has 0 aliphatic heterocycles. The molecule has 0 aliphatic rings. The molecule has 0 aliphatic carbocycles. The van der Waals surface area contributed by atoms with E-state index in [-0.39, 0.29) is 25.6 Å². The van der Waals surface area contributed by atoms with Gasteiger partial charge in [0.25, 0.3) is 0 Å². The molecular weight excluding hydrogens is 228 g/mol. The first-order valence-electron chi connectivity index (χ1n) is 4.91. The molecule has 0 atom stereocenters. The van der Waals surface area contributed by atoms with E-state index >= 15 is 0 Å². The zero-order chi connectivity index (χ0) is 12.7. The van der Waals surface area contributed by atoms with Gasteiger partial charge >= 0.3 is 5.97 Å². The highest BCUT2D eigenvalue weighted by molar-refractivity contribution is 5.88. The van der Waals surface area contributed by atoms with E-state index in [1.54, 1.807) is 0 Å². The number of hydrogen-bond donors (Lipinski definition) is 2. The lowest BCUT2D eigenvalue weighted by molar-refractivity contribution is -0.00215. The Balaban J connectivity index is 2.68. The van der Waals surface area contributed by atoms with E-state index in [2.05, 4.69) is 0 Å². The van der Waals surface area contributed by atoms with Crippen LogP contribution in [-0.2, 0) is 4.74 Å². The van der Waals surface area contributed by atoms with E-state index in [1.807, 2.05) is 0 Å². The summed E-state index contributed by atoms with van der Waals surface area (Å²) in [5.41, 5.74) is 0.116. The molecule has 6 heteroatoms. The van der Waals surface area contributed by atoms with Crippen molar-refractivity contribution in [2.45, 2.75) is 0 Å². The minimum absolute atomic E-state index is 0.0384. The minimum atomic E-state index is -1.04. The summed E-state index contributed by atoms with van der Waals surface area (Å²) in [5, 5.41) is 17.3. The summed E-state index contributed by atoms with van der Waals surface area (Å²) in [7, 11) is 1.42. The predicted molar refractivity (Wildman–Crippen MR) is 58.5 cm³/mol. The van der Waals surface area contributed by atoms with Crippen molar-refractivity contribution in [2.24, 2.45) is 0 Å². The van der Waals surface area contributed by atoms with Crippen molar-refractivity contribution in [3.63, 3.8) is 0 Å². The zero-order valence-electron chi connectivity index (χ0n) is 9.38. The van der Waals surface area contributed by atoms with Crippen molar-refractivity contribution in [2.75, 3.05) is 27.1 Å². The lowest BCUT2D eigenvalue weighted by Crippen LogP contribution is -2.07. The van der Waals surface area contributed by atoms with Gasteiger partial charge in [0.05, 0.1) is 25.9 Å². The molecule has 1 aromatic rings. The van der Waals surface area contributed by atoms with Gasteiger partial charge in [-0.05, 0) is 18.2 Å². The first-order valence-corrected chi connectivity index (χ1v) is 4.91. The first kappa shape index (κ1) is 13.3. The number of aliphatic hydroxyl groups is 1. The first-order chi connectivity index (χ1) is 8.19. The van der Waals surface area contributed by atoms with Gasteiger partial charge in [0.2, 0.25) is 0 Å². The van der Waals surface area contributed by atoms with Crippen molar-refractivity contribution in [3.8, 4) is 11.5 Å². The molecule has 0 fully saturated rings. The summed E-state index contributed by atoms with van der Waals surface area (Å²) in [4.78, 5) is 10.7. The highest BCUT2D eigenvalue weighted by Crippen LogP contribution is 2.27. The number of methoxy groups -OCH3 is 1. The maximum Gasteiger partial charge on any atom is 0.335 e. The monoisotopic (exact) mass is 242 g/mol. The summed E-state index contributed by atoms with van der Waals surface area (Å²) < 4.78 is 15.1. The Kier molecular flexibility index (Phi) is 5.25. The second-order valence-corrected chi connectivity index (χ2v) is 3.06. The summed E-state index contributed by atoms with van der Waals surface area (Å²) in [6.45, 7) is 0.0529. The Morgan fingerprint density at radius 2 is 2.12 bits per heavy atom. The van der Waals surface area contributed by atoms with Gasteiger partial charge in [-0.2, -0.15) is 0 Å². The molecule has 0 unspecified atom stereocenters. The van der Waals surface area contributed by atoms with Crippen molar-refractivity contribution in [1.29, 1.82) is 0 Å². The highest BCUT2D eigenvalue weighted by Gasteiger charge is 2.09. The van der Waals surface area contributed by atoms with Gasteiger partial charge < -0.3 is 24.4 Å². The van der Waals surface area contributed by atoms with Crippen molar-refractivity contribution in [1.82, 2.24) is 0 Å². The van der Waals surface area contributed by atoms with Gasteiger partial charge in [-0.15, -0.1) is 0 Å². The molecule has 0 amide bonds. The van der Waals surface area contributed by atoms with E-state index in [0.717, 1.165) is 0 Å². The number of hydrogen-bond acceptors (Lipinski definition) is 5. The molecule has 94 valence electrons. The van der Waals surface area contributed by atoms with Gasteiger partial charge in [-0.3, -0.25) is 0 Å². The number of ether oxygens (including phenoxy) is 3. The number of carboxylic acids is 1. The fourth-order valence-electron chi connectivity index (χ4n) is 1.15. The van der Waals surface area contributed by atoms with Gasteiger partial charge in [0.15, 0.2) is 18.3 Å². The van der Waals surface area contributed by atoms with Crippen molar-refractivity contribution >= 4 is 5.97 Å². The smallest absolute Gasteiger partial charge is 0.335 e. The topological polar surface area (TPSA) is 85.2 Å². The number of benzene rings is 1. The second-order valence-electron chi connectivity index (χ2n) is 3.06. The van der Waals surface area contributed by atoms with Crippen LogP contribution in [0.5, 0.6) is 11.5 Å². The fourth-order valence-corrected chi connectivity index (χ4v) is 1.15. The van der Waals surface area contributed by atoms with E-state index in [1.165, 1.54) is 25.3 Å². The summed E-state index contributed by atoms with van der Waals surface area (Å²) in [6, 6.07) is 4.26. The molecule has 6 nitrogen and oxygen atoms in total. The van der Waals surface area contributed by atoms with Crippen molar-refractivity contribution in [3.05, 3.63) is 23.8 Å². The van der Waals surface area contributed by atoms with Crippen LogP contribution in [-0.4, -0.2) is 43.3 Å². The summed E-state index contributed by atoms with van der Waals surface area (Å²) >= 11 is 0. The van der Waals surface area contributed by atoms with Crippen LogP contribution in [0.4, 0.5) is 0 Å². The Hall–Kier alpha value is -1.79. The number of carboxylic acid groups (broad SMARTS) is 1. The van der Waals surface area contributed by atoms with Crippen LogP contribution in [0.2, 0.25) is 0 Å². The predicted octanol–water partition coefficient (Wildman–Crippen LogP) is 0.739. The summed E-state index contributed by atoms with van der Waals surface area (Å²) in [6.07, 6.45) is 0. The Bertz CT molecular complexity index is 376. The molecule has 17 heavy (non-hydrogen) atoms. The SMILES string of the molecule is COc1cc(C(=O)O)ccc1OCOCCO. The number of aromatic carboxylic acids is 1. The molecule has 1 rings (SSSR count). The normalized spacial score (nSPS) is 10.0. The highest BCUT2D eigenvalue weighted by atomic mass is 16.7. The molecule has 2 N–H and O–H groups in total. The summed E-state index contributed by atoms with van der Waals surface area (Å²) in [5.74, 6) is -0.334. The quantitative estimate of drug-likeness (QED) is 0.542. The van der Waals surface area contributed by atoms with Gasteiger partial charge in [0, 0.05) is 0 Å². The van der Waals surface area contributed by atoms with Crippen LogP contribution < -0.4 is 9.47 Å². The van der Waals surface area contributed by atoms with E-state index < -0.39 is 5.97 Å². The Labute approximate surface area is 98.3 Å². The van der Waals surface area contributed by atoms with Crippen LogP contribution >= 0.6 is 0 Å². The van der Waals surface area contributed by atoms with Gasteiger partial charge in [-0.1, -0.05) is 0 Å². The Morgan fingerprint density at radius 3 is 2.71 bits per heavy atom. The van der Waals surface area contributed by atoms with Crippen LogP contribution in [0, 0.1) is 0 Å². The van der Waals surface area contributed by atoms with E-state index in [4.69, 9.17) is 24.4 Å². The average molecular weight is 242 g/mol. The number of aliphatic hydroxyl groups excluding tert-OH is 1. The van der Waals surface area contributed by atoms with Crippen LogP contribution in [0.3, 0.4) is 0 Å².